The van der Waals surface area contributed by atoms with Crippen LogP contribution in [0.3, 0.4) is 0 Å². The Morgan fingerprint density at radius 1 is 1.18 bits per heavy atom. The summed E-state index contributed by atoms with van der Waals surface area (Å²) in [5.41, 5.74) is -0.556. The first kappa shape index (κ1) is 17.8. The summed E-state index contributed by atoms with van der Waals surface area (Å²) >= 11 is 0. The fraction of sp³-hybridized carbons (Fsp3) is 0.941. The van der Waals surface area contributed by atoms with Crippen LogP contribution in [0.5, 0.6) is 0 Å². The molecular weight excluding hydrogens is 277 g/mol. The Hall–Kier alpha value is -0.545. The normalized spacial score (nSPS) is 36.6. The van der Waals surface area contributed by atoms with Crippen molar-refractivity contribution in [1.82, 2.24) is 5.32 Å². The largest absolute Gasteiger partial charge is 0.457 e. The lowest BCUT2D eigenvalue weighted by Crippen LogP contribution is -2.47. The number of carbonyl (C=O) groups is 1. The van der Waals surface area contributed by atoms with Crippen LogP contribution in [0, 0.1) is 11.8 Å². The van der Waals surface area contributed by atoms with Gasteiger partial charge in [-0.1, -0.05) is 13.3 Å². The van der Waals surface area contributed by atoms with Crippen LogP contribution in [0.25, 0.3) is 0 Å². The van der Waals surface area contributed by atoms with Gasteiger partial charge in [-0.2, -0.15) is 0 Å². The molecule has 0 bridgehead atoms. The van der Waals surface area contributed by atoms with E-state index in [1.165, 1.54) is 0 Å². The third-order valence-electron chi connectivity index (χ3n) is 6.28. The zero-order chi connectivity index (χ0) is 16.8. The smallest absolute Gasteiger partial charge is 0.403 e. The molecule has 0 radical (unpaired) electrons. The van der Waals surface area contributed by atoms with Crippen LogP contribution in [0.1, 0.15) is 67.7 Å². The summed E-state index contributed by atoms with van der Waals surface area (Å²) in [6, 6.07) is 0. The number of hydrogen-bond acceptors (Lipinski definition) is 3. The number of amides is 1. The first-order valence-corrected chi connectivity index (χ1v) is 8.61. The molecule has 1 amide bonds. The van der Waals surface area contributed by atoms with Gasteiger partial charge in [-0.25, -0.2) is 0 Å². The summed E-state index contributed by atoms with van der Waals surface area (Å²) in [6.45, 7) is 14.4. The van der Waals surface area contributed by atoms with Crippen molar-refractivity contribution in [3.05, 3.63) is 0 Å². The standard InChI is InChI=1S/C17H32BNO3/c1-12-14(8-10-17(12,7)19-13(2)20)9-11-18-21-15(3,4)16(5,6)22-18/h12,14H,8-11H2,1-7H3,(H,19,20)/t12-,14-,17?/m0/s1. The molecule has 1 heterocycles. The number of hydrogen-bond donors (Lipinski definition) is 1. The van der Waals surface area contributed by atoms with Crippen LogP contribution >= 0.6 is 0 Å². The topological polar surface area (TPSA) is 47.6 Å². The fourth-order valence-corrected chi connectivity index (χ4v) is 3.89. The summed E-state index contributed by atoms with van der Waals surface area (Å²) in [5.74, 6) is 1.18. The second kappa shape index (κ2) is 5.83. The van der Waals surface area contributed by atoms with Crippen molar-refractivity contribution in [3.63, 3.8) is 0 Å². The Labute approximate surface area is 135 Å². The van der Waals surface area contributed by atoms with Gasteiger partial charge in [0.15, 0.2) is 0 Å². The Morgan fingerprint density at radius 2 is 1.73 bits per heavy atom. The van der Waals surface area contributed by atoms with Crippen LogP contribution < -0.4 is 5.32 Å². The zero-order valence-electron chi connectivity index (χ0n) is 15.3. The third-order valence-corrected chi connectivity index (χ3v) is 6.28. The fourth-order valence-electron chi connectivity index (χ4n) is 3.89. The van der Waals surface area contributed by atoms with Crippen LogP contribution in [0.4, 0.5) is 0 Å². The van der Waals surface area contributed by atoms with E-state index in [0.29, 0.717) is 11.8 Å². The maximum atomic E-state index is 11.4. The predicted molar refractivity (Wildman–Crippen MR) is 89.6 cm³/mol. The summed E-state index contributed by atoms with van der Waals surface area (Å²) in [5, 5.41) is 3.15. The first-order chi connectivity index (χ1) is 9.97. The van der Waals surface area contributed by atoms with Crippen LogP contribution in [0.2, 0.25) is 6.32 Å². The lowest BCUT2D eigenvalue weighted by molar-refractivity contribution is -0.121. The van der Waals surface area contributed by atoms with Gasteiger partial charge in [-0.05, 0) is 65.6 Å². The van der Waals surface area contributed by atoms with Crippen molar-refractivity contribution in [2.75, 3.05) is 0 Å². The highest BCUT2D eigenvalue weighted by molar-refractivity contribution is 6.45. The highest BCUT2D eigenvalue weighted by Gasteiger charge is 2.51. The highest BCUT2D eigenvalue weighted by Crippen LogP contribution is 2.44. The second-order valence-corrected chi connectivity index (χ2v) is 8.45. The SMILES string of the molecule is CC(=O)NC1(C)CC[C@@H](CCB2OC(C)(C)C(C)(C)O2)[C@@H]1C. The molecule has 1 saturated heterocycles. The van der Waals surface area contributed by atoms with Crippen molar-refractivity contribution in [2.45, 2.75) is 90.8 Å². The molecule has 4 nitrogen and oxygen atoms in total. The van der Waals surface area contributed by atoms with E-state index < -0.39 is 0 Å². The predicted octanol–water partition coefficient (Wildman–Crippen LogP) is 3.41. The zero-order valence-corrected chi connectivity index (χ0v) is 15.3. The summed E-state index contributed by atoms with van der Waals surface area (Å²) in [7, 11) is -0.107. The lowest BCUT2D eigenvalue weighted by Gasteiger charge is -2.32. The average Bonchev–Trinajstić information content (AvgIpc) is 2.72. The minimum Gasteiger partial charge on any atom is -0.403 e. The van der Waals surface area contributed by atoms with Gasteiger partial charge in [0.25, 0.3) is 0 Å². The third kappa shape index (κ3) is 3.35. The molecule has 2 aliphatic rings. The molecule has 2 rings (SSSR count). The van der Waals surface area contributed by atoms with Crippen molar-refractivity contribution >= 4 is 13.0 Å². The molecule has 1 aliphatic heterocycles. The van der Waals surface area contributed by atoms with Crippen molar-refractivity contribution < 1.29 is 14.1 Å². The molecule has 0 spiro atoms. The Bertz CT molecular complexity index is 422. The average molecular weight is 309 g/mol. The van der Waals surface area contributed by atoms with Gasteiger partial charge in [-0.15, -0.1) is 0 Å². The van der Waals surface area contributed by atoms with Crippen LogP contribution in [-0.2, 0) is 14.1 Å². The molecule has 1 N–H and O–H groups in total. The van der Waals surface area contributed by atoms with Gasteiger partial charge in [0.1, 0.15) is 0 Å². The molecule has 1 saturated carbocycles. The van der Waals surface area contributed by atoms with Crippen molar-refractivity contribution in [3.8, 4) is 0 Å². The molecule has 126 valence electrons. The van der Waals surface area contributed by atoms with Gasteiger partial charge in [0.05, 0.1) is 11.2 Å². The minimum atomic E-state index is -0.246. The molecule has 1 aliphatic carbocycles. The molecule has 0 aromatic rings. The van der Waals surface area contributed by atoms with E-state index in [9.17, 15) is 4.79 Å². The van der Waals surface area contributed by atoms with Gasteiger partial charge >= 0.3 is 7.12 Å². The molecule has 0 aromatic carbocycles. The summed E-state index contributed by atoms with van der Waals surface area (Å²) in [6.07, 6.45) is 4.24. The van der Waals surface area contributed by atoms with Gasteiger partial charge < -0.3 is 14.6 Å². The van der Waals surface area contributed by atoms with Gasteiger partial charge in [0.2, 0.25) is 5.91 Å². The molecular formula is C17H32BNO3. The number of carbonyl (C=O) groups excluding carboxylic acids is 1. The van der Waals surface area contributed by atoms with Crippen molar-refractivity contribution in [2.24, 2.45) is 11.8 Å². The maximum Gasteiger partial charge on any atom is 0.457 e. The quantitative estimate of drug-likeness (QED) is 0.810. The summed E-state index contributed by atoms with van der Waals surface area (Å²) < 4.78 is 12.2. The van der Waals surface area contributed by atoms with Gasteiger partial charge in [0, 0.05) is 12.5 Å². The van der Waals surface area contributed by atoms with E-state index in [-0.39, 0.29) is 29.8 Å². The molecule has 1 unspecified atom stereocenters. The van der Waals surface area contributed by atoms with E-state index in [0.717, 1.165) is 25.6 Å². The van der Waals surface area contributed by atoms with Crippen molar-refractivity contribution in [1.29, 1.82) is 0 Å². The second-order valence-electron chi connectivity index (χ2n) is 8.45. The van der Waals surface area contributed by atoms with Crippen LogP contribution in [-0.4, -0.2) is 29.8 Å². The highest BCUT2D eigenvalue weighted by atomic mass is 16.7. The Kier molecular flexibility index (Phi) is 4.71. The lowest BCUT2D eigenvalue weighted by atomic mass is 9.76. The number of nitrogens with one attached hydrogen (secondary N) is 1. The Morgan fingerprint density at radius 3 is 2.23 bits per heavy atom. The van der Waals surface area contributed by atoms with Crippen LogP contribution in [0.15, 0.2) is 0 Å². The van der Waals surface area contributed by atoms with E-state index in [1.54, 1.807) is 6.92 Å². The molecule has 3 atom stereocenters. The minimum absolute atomic E-state index is 0.0631. The van der Waals surface area contributed by atoms with E-state index >= 15 is 0 Å². The summed E-state index contributed by atoms with van der Waals surface area (Å²) in [4.78, 5) is 11.4. The number of rotatable bonds is 4. The molecule has 5 heteroatoms. The molecule has 0 aromatic heterocycles. The van der Waals surface area contributed by atoms with E-state index in [4.69, 9.17) is 9.31 Å². The van der Waals surface area contributed by atoms with E-state index in [1.807, 2.05) is 0 Å². The molecule has 2 fully saturated rings. The van der Waals surface area contributed by atoms with Gasteiger partial charge in [-0.3, -0.25) is 4.79 Å². The van der Waals surface area contributed by atoms with E-state index in [2.05, 4.69) is 46.9 Å². The molecule has 22 heavy (non-hydrogen) atoms. The Balaban J connectivity index is 1.88. The monoisotopic (exact) mass is 309 g/mol. The first-order valence-electron chi connectivity index (χ1n) is 8.61. The maximum absolute atomic E-state index is 11.4.